The normalized spacial score (nSPS) is 23.0. The molecule has 1 aliphatic heterocycles. The van der Waals surface area contributed by atoms with Crippen LogP contribution in [0.15, 0.2) is 24.3 Å². The highest BCUT2D eigenvalue weighted by molar-refractivity contribution is 5.97. The molecular weight excluding hydrogens is 515 g/mol. The number of anilines is 2. The number of benzene rings is 1. The van der Waals surface area contributed by atoms with Crippen LogP contribution in [-0.4, -0.2) is 46.3 Å². The number of rotatable bonds is 7. The van der Waals surface area contributed by atoms with Gasteiger partial charge in [-0.15, -0.1) is 0 Å². The standard InChI is InChI=1S/C27H32F3N5O4/c1-15(19-8-6-17(13-20(19)27(28,29)30)35-11-3-4-23(35)36)24(37)31-22-14-21(33-34-22)16-5-7-18(12-16)39-25(38)32-26(2)9-10-26/h6,8,13-16,18H,3-5,7,9-12H2,1-2H3,(H,32,38)(H2,31,33,34,37). The summed E-state index contributed by atoms with van der Waals surface area (Å²) in [5.41, 5.74) is -0.342. The van der Waals surface area contributed by atoms with E-state index in [1.807, 2.05) is 6.92 Å². The van der Waals surface area contributed by atoms with Crippen molar-refractivity contribution >= 4 is 29.4 Å². The second kappa shape index (κ2) is 10.2. The molecule has 3 aliphatic rings. The first kappa shape index (κ1) is 27.0. The van der Waals surface area contributed by atoms with Gasteiger partial charge in [0.25, 0.3) is 0 Å². The number of hydrogen-bond acceptors (Lipinski definition) is 5. The van der Waals surface area contributed by atoms with Gasteiger partial charge in [0.1, 0.15) is 6.10 Å². The Balaban J connectivity index is 1.22. The Labute approximate surface area is 223 Å². The summed E-state index contributed by atoms with van der Waals surface area (Å²) in [7, 11) is 0. The van der Waals surface area contributed by atoms with Gasteiger partial charge in [-0.05, 0) is 70.1 Å². The van der Waals surface area contributed by atoms with E-state index in [1.165, 1.54) is 24.0 Å². The number of aromatic amines is 1. The molecule has 2 aliphatic carbocycles. The van der Waals surface area contributed by atoms with Crippen molar-refractivity contribution in [2.75, 3.05) is 16.8 Å². The van der Waals surface area contributed by atoms with Crippen LogP contribution in [0.4, 0.5) is 29.5 Å². The monoisotopic (exact) mass is 547 g/mol. The van der Waals surface area contributed by atoms with Crippen LogP contribution in [0.3, 0.4) is 0 Å². The topological polar surface area (TPSA) is 116 Å². The lowest BCUT2D eigenvalue weighted by atomic mass is 9.93. The van der Waals surface area contributed by atoms with E-state index in [1.54, 1.807) is 6.07 Å². The molecule has 3 atom stereocenters. The number of alkyl carbamates (subject to hydrolysis) is 1. The fourth-order valence-corrected chi connectivity index (χ4v) is 5.31. The van der Waals surface area contributed by atoms with Crippen LogP contribution >= 0.6 is 0 Å². The summed E-state index contributed by atoms with van der Waals surface area (Å²) in [6, 6.07) is 5.32. The van der Waals surface area contributed by atoms with Crippen LogP contribution < -0.4 is 15.5 Å². The van der Waals surface area contributed by atoms with E-state index in [0.29, 0.717) is 32.2 Å². The van der Waals surface area contributed by atoms with Crippen molar-refractivity contribution in [3.05, 3.63) is 41.1 Å². The molecule has 3 fully saturated rings. The zero-order chi connectivity index (χ0) is 27.9. The molecule has 210 valence electrons. The summed E-state index contributed by atoms with van der Waals surface area (Å²) < 4.78 is 47.4. The highest BCUT2D eigenvalue weighted by atomic mass is 19.4. The van der Waals surface area contributed by atoms with E-state index in [4.69, 9.17) is 4.74 Å². The predicted molar refractivity (Wildman–Crippen MR) is 136 cm³/mol. The lowest BCUT2D eigenvalue weighted by Crippen LogP contribution is -2.36. The Morgan fingerprint density at radius 3 is 2.67 bits per heavy atom. The molecule has 3 amide bonds. The van der Waals surface area contributed by atoms with Crippen LogP contribution in [0.1, 0.15) is 87.4 Å². The van der Waals surface area contributed by atoms with E-state index in [0.717, 1.165) is 31.0 Å². The molecule has 0 bridgehead atoms. The number of hydrogen-bond donors (Lipinski definition) is 3. The molecule has 3 N–H and O–H groups in total. The Morgan fingerprint density at radius 2 is 2.00 bits per heavy atom. The van der Waals surface area contributed by atoms with Gasteiger partial charge < -0.3 is 20.3 Å². The second-order valence-electron chi connectivity index (χ2n) is 11.1. The summed E-state index contributed by atoms with van der Waals surface area (Å²) in [4.78, 5) is 38.4. The lowest BCUT2D eigenvalue weighted by molar-refractivity contribution is -0.138. The molecular formula is C27H32F3N5O4. The first-order valence-corrected chi connectivity index (χ1v) is 13.3. The first-order chi connectivity index (χ1) is 18.4. The average Bonchev–Trinajstić information content (AvgIpc) is 3.28. The number of nitrogens with one attached hydrogen (secondary N) is 3. The Bertz CT molecular complexity index is 1270. The lowest BCUT2D eigenvalue weighted by Gasteiger charge is -2.22. The molecule has 3 unspecified atom stereocenters. The molecule has 2 saturated carbocycles. The van der Waals surface area contributed by atoms with Crippen molar-refractivity contribution in [3.63, 3.8) is 0 Å². The first-order valence-electron chi connectivity index (χ1n) is 13.3. The number of ether oxygens (including phenoxy) is 1. The number of carbonyl (C=O) groups excluding carboxylic acids is 3. The predicted octanol–water partition coefficient (Wildman–Crippen LogP) is 5.21. The molecule has 2 heterocycles. The largest absolute Gasteiger partial charge is 0.446 e. The van der Waals surface area contributed by atoms with Crippen LogP contribution in [-0.2, 0) is 20.5 Å². The van der Waals surface area contributed by atoms with E-state index < -0.39 is 29.7 Å². The number of alkyl halides is 3. The fraction of sp³-hybridized carbons (Fsp3) is 0.556. The van der Waals surface area contributed by atoms with E-state index in [9.17, 15) is 27.6 Å². The molecule has 1 aromatic carbocycles. The minimum Gasteiger partial charge on any atom is -0.446 e. The van der Waals surface area contributed by atoms with E-state index in [-0.39, 0.29) is 40.5 Å². The highest BCUT2D eigenvalue weighted by Crippen LogP contribution is 2.40. The minimum absolute atomic E-state index is 0.0487. The SMILES string of the molecule is CC(C(=O)Nc1cc(C2CCC(OC(=O)NC3(C)CC3)C2)[nH]n1)c1ccc(N2CCCC2=O)cc1C(F)(F)F. The second-order valence-corrected chi connectivity index (χ2v) is 11.1. The molecule has 1 aromatic heterocycles. The maximum Gasteiger partial charge on any atom is 0.416 e. The number of halogens is 3. The van der Waals surface area contributed by atoms with Gasteiger partial charge in [-0.1, -0.05) is 6.07 Å². The quantitative estimate of drug-likeness (QED) is 0.440. The van der Waals surface area contributed by atoms with Crippen molar-refractivity contribution in [2.45, 2.75) is 88.4 Å². The number of amides is 3. The summed E-state index contributed by atoms with van der Waals surface area (Å²) in [6.45, 7) is 3.75. The zero-order valence-corrected chi connectivity index (χ0v) is 21.9. The molecule has 0 radical (unpaired) electrons. The Hall–Kier alpha value is -3.57. The molecule has 1 saturated heterocycles. The van der Waals surface area contributed by atoms with Gasteiger partial charge >= 0.3 is 12.3 Å². The van der Waals surface area contributed by atoms with Crippen LogP contribution in [0.5, 0.6) is 0 Å². The average molecular weight is 548 g/mol. The van der Waals surface area contributed by atoms with Gasteiger partial charge in [0.05, 0.1) is 11.5 Å². The van der Waals surface area contributed by atoms with Gasteiger partial charge in [-0.25, -0.2) is 4.79 Å². The smallest absolute Gasteiger partial charge is 0.416 e. The third-order valence-corrected chi connectivity index (χ3v) is 7.94. The maximum atomic E-state index is 13.9. The number of carbonyl (C=O) groups is 3. The maximum absolute atomic E-state index is 13.9. The van der Waals surface area contributed by atoms with E-state index in [2.05, 4.69) is 20.8 Å². The molecule has 0 spiro atoms. The van der Waals surface area contributed by atoms with Crippen molar-refractivity contribution in [2.24, 2.45) is 0 Å². The van der Waals surface area contributed by atoms with Crippen LogP contribution in [0, 0.1) is 0 Å². The molecule has 2 aromatic rings. The van der Waals surface area contributed by atoms with Crippen molar-refractivity contribution in [1.29, 1.82) is 0 Å². The summed E-state index contributed by atoms with van der Waals surface area (Å²) in [5.74, 6) is -1.72. The third-order valence-electron chi connectivity index (χ3n) is 7.94. The Morgan fingerprint density at radius 1 is 1.23 bits per heavy atom. The highest BCUT2D eigenvalue weighted by Gasteiger charge is 2.40. The van der Waals surface area contributed by atoms with Gasteiger partial charge in [-0.2, -0.15) is 18.3 Å². The zero-order valence-electron chi connectivity index (χ0n) is 21.9. The number of aromatic nitrogens is 2. The van der Waals surface area contributed by atoms with Crippen molar-refractivity contribution < 1.29 is 32.3 Å². The van der Waals surface area contributed by atoms with Crippen LogP contribution in [0.2, 0.25) is 0 Å². The Kier molecular flexibility index (Phi) is 7.06. The molecule has 9 nitrogen and oxygen atoms in total. The minimum atomic E-state index is -4.70. The van der Waals surface area contributed by atoms with Crippen molar-refractivity contribution in [3.8, 4) is 0 Å². The summed E-state index contributed by atoms with van der Waals surface area (Å²) >= 11 is 0. The van der Waals surface area contributed by atoms with Gasteiger partial charge in [0.15, 0.2) is 5.82 Å². The summed E-state index contributed by atoms with van der Waals surface area (Å²) in [6.07, 6.45) is -0.477. The van der Waals surface area contributed by atoms with Gasteiger partial charge in [0.2, 0.25) is 11.8 Å². The molecule has 39 heavy (non-hydrogen) atoms. The van der Waals surface area contributed by atoms with E-state index >= 15 is 0 Å². The van der Waals surface area contributed by atoms with Crippen molar-refractivity contribution in [1.82, 2.24) is 15.5 Å². The summed E-state index contributed by atoms with van der Waals surface area (Å²) in [5, 5.41) is 12.5. The van der Waals surface area contributed by atoms with Gasteiger partial charge in [0, 0.05) is 41.9 Å². The number of nitrogens with zero attached hydrogens (tertiary/aromatic N) is 2. The number of H-pyrrole nitrogens is 1. The molecule has 12 heteroatoms. The molecule has 5 rings (SSSR count). The fourth-order valence-electron chi connectivity index (χ4n) is 5.31. The third kappa shape index (κ3) is 6.04. The van der Waals surface area contributed by atoms with Gasteiger partial charge in [-0.3, -0.25) is 14.7 Å². The van der Waals surface area contributed by atoms with Crippen LogP contribution in [0.25, 0.3) is 0 Å².